The van der Waals surface area contributed by atoms with Gasteiger partial charge in [-0.05, 0) is 35.9 Å². The van der Waals surface area contributed by atoms with Gasteiger partial charge >= 0.3 is 0 Å². The highest BCUT2D eigenvalue weighted by atomic mass is 35.5. The molecule has 0 spiro atoms. The molecule has 2 aromatic carbocycles. The first-order valence-electron chi connectivity index (χ1n) is 7.65. The van der Waals surface area contributed by atoms with Crippen molar-refractivity contribution < 1.29 is 9.18 Å². The molecular weight excluding hydrogens is 315 g/mol. The summed E-state index contributed by atoms with van der Waals surface area (Å²) >= 11 is 6.11. The topological polar surface area (TPSA) is 23.6 Å². The molecule has 3 rings (SSSR count). The molecule has 1 aliphatic rings. The summed E-state index contributed by atoms with van der Waals surface area (Å²) in [6.45, 7) is 2.83. The highest BCUT2D eigenvalue weighted by molar-refractivity contribution is 6.31. The second kappa shape index (κ2) is 7.01. The van der Waals surface area contributed by atoms with Gasteiger partial charge in [0.15, 0.2) is 0 Å². The number of hydrogen-bond donors (Lipinski definition) is 0. The van der Waals surface area contributed by atoms with Gasteiger partial charge in [0.1, 0.15) is 5.82 Å². The number of halogens is 2. The Morgan fingerprint density at radius 1 is 1.00 bits per heavy atom. The van der Waals surface area contributed by atoms with Gasteiger partial charge in [-0.1, -0.05) is 29.8 Å². The zero-order valence-corrected chi connectivity index (χ0v) is 13.5. The zero-order valence-electron chi connectivity index (χ0n) is 12.7. The average Bonchev–Trinajstić information content (AvgIpc) is 2.58. The molecule has 120 valence electrons. The fraction of sp³-hybridized carbons (Fsp3) is 0.278. The van der Waals surface area contributed by atoms with Crippen molar-refractivity contribution in [1.29, 1.82) is 0 Å². The molecule has 0 saturated carbocycles. The van der Waals surface area contributed by atoms with E-state index in [1.165, 1.54) is 12.1 Å². The molecule has 5 heteroatoms. The van der Waals surface area contributed by atoms with Crippen molar-refractivity contribution in [2.75, 3.05) is 31.1 Å². The minimum Gasteiger partial charge on any atom is -0.368 e. The Morgan fingerprint density at radius 3 is 2.30 bits per heavy atom. The lowest BCUT2D eigenvalue weighted by atomic mass is 10.1. The lowest BCUT2D eigenvalue weighted by Crippen LogP contribution is -2.49. The number of piperazine rings is 1. The van der Waals surface area contributed by atoms with Crippen LogP contribution in [0.15, 0.2) is 48.5 Å². The van der Waals surface area contributed by atoms with Gasteiger partial charge in [0.05, 0.1) is 6.42 Å². The Kier molecular flexibility index (Phi) is 4.82. The van der Waals surface area contributed by atoms with Crippen LogP contribution in [0.2, 0.25) is 5.02 Å². The van der Waals surface area contributed by atoms with E-state index in [4.69, 9.17) is 11.6 Å². The van der Waals surface area contributed by atoms with Crippen LogP contribution in [0.3, 0.4) is 0 Å². The van der Waals surface area contributed by atoms with E-state index in [1.54, 1.807) is 18.2 Å². The Bertz CT molecular complexity index is 682. The summed E-state index contributed by atoms with van der Waals surface area (Å²) in [4.78, 5) is 16.4. The number of nitrogens with zero attached hydrogens (tertiary/aromatic N) is 2. The molecule has 1 fully saturated rings. The second-order valence-corrected chi connectivity index (χ2v) is 6.02. The first-order chi connectivity index (χ1) is 11.1. The van der Waals surface area contributed by atoms with Crippen molar-refractivity contribution in [2.45, 2.75) is 6.42 Å². The summed E-state index contributed by atoms with van der Waals surface area (Å²) < 4.78 is 13.0. The van der Waals surface area contributed by atoms with E-state index < -0.39 is 0 Å². The van der Waals surface area contributed by atoms with Crippen LogP contribution in [-0.4, -0.2) is 37.0 Å². The molecule has 0 bridgehead atoms. The molecule has 0 unspecified atom stereocenters. The van der Waals surface area contributed by atoms with Gasteiger partial charge < -0.3 is 9.80 Å². The minimum atomic E-state index is -0.234. The van der Waals surface area contributed by atoms with Gasteiger partial charge in [-0.25, -0.2) is 4.39 Å². The molecule has 0 N–H and O–H groups in total. The van der Waals surface area contributed by atoms with Crippen LogP contribution in [0, 0.1) is 5.82 Å². The number of carbonyl (C=O) groups excluding carboxylic acids is 1. The molecule has 0 aromatic heterocycles. The van der Waals surface area contributed by atoms with Crippen LogP contribution >= 0.6 is 11.6 Å². The number of anilines is 1. The maximum Gasteiger partial charge on any atom is 0.227 e. The third-order valence-corrected chi connectivity index (χ3v) is 4.49. The largest absolute Gasteiger partial charge is 0.368 e. The van der Waals surface area contributed by atoms with Crippen molar-refractivity contribution in [3.05, 3.63) is 64.9 Å². The summed E-state index contributed by atoms with van der Waals surface area (Å²) in [6, 6.07) is 13.9. The normalized spacial score (nSPS) is 14.9. The van der Waals surface area contributed by atoms with Crippen molar-refractivity contribution in [3.8, 4) is 0 Å². The molecule has 1 aliphatic heterocycles. The van der Waals surface area contributed by atoms with E-state index in [2.05, 4.69) is 4.90 Å². The van der Waals surface area contributed by atoms with E-state index in [0.717, 1.165) is 24.3 Å². The molecule has 3 nitrogen and oxygen atoms in total. The predicted octanol–water partition coefficient (Wildman–Crippen LogP) is 3.37. The van der Waals surface area contributed by atoms with Gasteiger partial charge in [-0.2, -0.15) is 0 Å². The summed E-state index contributed by atoms with van der Waals surface area (Å²) in [5, 5.41) is 0.630. The molecule has 23 heavy (non-hydrogen) atoms. The van der Waals surface area contributed by atoms with Gasteiger partial charge in [0.2, 0.25) is 5.91 Å². The van der Waals surface area contributed by atoms with Crippen LogP contribution in [0.5, 0.6) is 0 Å². The lowest BCUT2D eigenvalue weighted by Gasteiger charge is -2.36. The van der Waals surface area contributed by atoms with E-state index in [9.17, 15) is 9.18 Å². The monoisotopic (exact) mass is 332 g/mol. The summed E-state index contributed by atoms with van der Waals surface area (Å²) in [6.07, 6.45) is 0.330. The first-order valence-corrected chi connectivity index (χ1v) is 8.03. The van der Waals surface area contributed by atoms with Crippen LogP contribution in [-0.2, 0) is 11.2 Å². The summed E-state index contributed by atoms with van der Waals surface area (Å²) in [7, 11) is 0. The molecule has 1 saturated heterocycles. The van der Waals surface area contributed by atoms with Crippen molar-refractivity contribution in [1.82, 2.24) is 4.90 Å². The fourth-order valence-corrected chi connectivity index (χ4v) is 2.98. The lowest BCUT2D eigenvalue weighted by molar-refractivity contribution is -0.130. The zero-order chi connectivity index (χ0) is 16.2. The quantitative estimate of drug-likeness (QED) is 0.860. The molecule has 0 radical (unpaired) electrons. The SMILES string of the molecule is O=C(Cc1ccccc1Cl)N1CCN(c2ccc(F)cc2)CC1. The predicted molar refractivity (Wildman–Crippen MR) is 90.3 cm³/mol. The Hall–Kier alpha value is -2.07. The standard InChI is InChI=1S/C18H18ClFN2O/c19-17-4-2-1-3-14(17)13-18(23)22-11-9-21(10-12-22)16-7-5-15(20)6-8-16/h1-8H,9-13H2. The van der Waals surface area contributed by atoms with Crippen molar-refractivity contribution >= 4 is 23.2 Å². The van der Waals surface area contributed by atoms with Gasteiger partial charge in [0.25, 0.3) is 0 Å². The number of benzene rings is 2. The molecule has 2 aromatic rings. The van der Waals surface area contributed by atoms with Crippen LogP contribution < -0.4 is 4.90 Å². The summed E-state index contributed by atoms with van der Waals surface area (Å²) in [5.74, 6) is -0.140. The Labute approximate surface area is 140 Å². The van der Waals surface area contributed by atoms with Gasteiger partial charge in [0, 0.05) is 36.9 Å². The second-order valence-electron chi connectivity index (χ2n) is 5.61. The summed E-state index contributed by atoms with van der Waals surface area (Å²) in [5.41, 5.74) is 1.85. The third-order valence-electron chi connectivity index (χ3n) is 4.12. The average molecular weight is 333 g/mol. The highest BCUT2D eigenvalue weighted by Crippen LogP contribution is 2.19. The number of rotatable bonds is 3. The van der Waals surface area contributed by atoms with Crippen LogP contribution in [0.1, 0.15) is 5.56 Å². The molecule has 1 amide bonds. The van der Waals surface area contributed by atoms with Crippen molar-refractivity contribution in [3.63, 3.8) is 0 Å². The van der Waals surface area contributed by atoms with E-state index in [0.29, 0.717) is 24.5 Å². The minimum absolute atomic E-state index is 0.0943. The molecule has 0 atom stereocenters. The van der Waals surface area contributed by atoms with Gasteiger partial charge in [-0.15, -0.1) is 0 Å². The maximum atomic E-state index is 13.0. The highest BCUT2D eigenvalue weighted by Gasteiger charge is 2.21. The molecule has 1 heterocycles. The number of amides is 1. The maximum absolute atomic E-state index is 13.0. The van der Waals surface area contributed by atoms with E-state index in [-0.39, 0.29) is 11.7 Å². The Morgan fingerprint density at radius 2 is 1.65 bits per heavy atom. The van der Waals surface area contributed by atoms with Crippen LogP contribution in [0.25, 0.3) is 0 Å². The first kappa shape index (κ1) is 15.8. The van der Waals surface area contributed by atoms with E-state index >= 15 is 0 Å². The van der Waals surface area contributed by atoms with Crippen LogP contribution in [0.4, 0.5) is 10.1 Å². The smallest absolute Gasteiger partial charge is 0.227 e. The number of carbonyl (C=O) groups is 1. The third kappa shape index (κ3) is 3.82. The van der Waals surface area contributed by atoms with Crippen molar-refractivity contribution in [2.24, 2.45) is 0 Å². The van der Waals surface area contributed by atoms with E-state index in [1.807, 2.05) is 23.1 Å². The molecular formula is C18H18ClFN2O. The fourth-order valence-electron chi connectivity index (χ4n) is 2.78. The van der Waals surface area contributed by atoms with Gasteiger partial charge in [-0.3, -0.25) is 4.79 Å². The molecule has 0 aliphatic carbocycles. The number of hydrogen-bond acceptors (Lipinski definition) is 2. The Balaban J connectivity index is 1.57.